The van der Waals surface area contributed by atoms with Crippen LogP contribution in [0.4, 0.5) is 5.82 Å². The minimum atomic E-state index is -3.66. The molecule has 1 aliphatic heterocycles. The van der Waals surface area contributed by atoms with E-state index in [0.29, 0.717) is 18.7 Å². The van der Waals surface area contributed by atoms with Crippen LogP contribution >= 0.6 is 0 Å². The quantitative estimate of drug-likeness (QED) is 0.724. The zero-order valence-corrected chi connectivity index (χ0v) is 16.2. The average molecular weight is 396 g/mol. The third kappa shape index (κ3) is 3.21. The average Bonchev–Trinajstić information content (AvgIpc) is 3.22. The number of likely N-dealkylation sites (N-methyl/N-ethyl adjacent to an activating group) is 1. The van der Waals surface area contributed by atoms with Crippen LogP contribution in [0.1, 0.15) is 18.4 Å². The van der Waals surface area contributed by atoms with Crippen molar-refractivity contribution in [1.29, 1.82) is 5.26 Å². The predicted octanol–water partition coefficient (Wildman–Crippen LogP) is 2.12. The fourth-order valence-corrected chi connectivity index (χ4v) is 5.21. The van der Waals surface area contributed by atoms with Crippen LogP contribution in [0, 0.1) is 11.3 Å². The van der Waals surface area contributed by atoms with Crippen LogP contribution in [0.15, 0.2) is 47.8 Å². The smallest absolute Gasteiger partial charge is 0.243 e. The molecule has 4 rings (SSSR count). The summed E-state index contributed by atoms with van der Waals surface area (Å²) in [5.74, 6) is 0.780. The predicted molar refractivity (Wildman–Crippen MR) is 105 cm³/mol. The van der Waals surface area contributed by atoms with E-state index in [1.54, 1.807) is 12.1 Å². The number of H-pyrrole nitrogens is 1. The van der Waals surface area contributed by atoms with E-state index in [0.717, 1.165) is 29.7 Å². The van der Waals surface area contributed by atoms with Crippen molar-refractivity contribution in [3.8, 4) is 6.07 Å². The summed E-state index contributed by atoms with van der Waals surface area (Å²) in [5.41, 5.74) is 1.09. The van der Waals surface area contributed by atoms with E-state index < -0.39 is 10.0 Å². The Morgan fingerprint density at radius 1 is 1.32 bits per heavy atom. The second-order valence-electron chi connectivity index (χ2n) is 6.85. The normalized spacial score (nSPS) is 18.1. The molecule has 9 heteroatoms. The van der Waals surface area contributed by atoms with Gasteiger partial charge in [0, 0.05) is 32.4 Å². The summed E-state index contributed by atoms with van der Waals surface area (Å²) in [6, 6.07) is 10.1. The maximum Gasteiger partial charge on any atom is 0.243 e. The highest BCUT2D eigenvalue weighted by molar-refractivity contribution is 7.89. The van der Waals surface area contributed by atoms with Crippen LogP contribution in [0.25, 0.3) is 11.0 Å². The van der Waals surface area contributed by atoms with E-state index in [9.17, 15) is 8.42 Å². The van der Waals surface area contributed by atoms with Gasteiger partial charge >= 0.3 is 0 Å². The Morgan fingerprint density at radius 2 is 2.18 bits per heavy atom. The topological polar surface area (TPSA) is 106 Å². The van der Waals surface area contributed by atoms with Crippen molar-refractivity contribution < 1.29 is 8.42 Å². The summed E-state index contributed by atoms with van der Waals surface area (Å²) in [7, 11) is -1.72. The Morgan fingerprint density at radius 3 is 3.00 bits per heavy atom. The monoisotopic (exact) mass is 396 g/mol. The van der Waals surface area contributed by atoms with E-state index in [-0.39, 0.29) is 10.9 Å². The molecule has 0 bridgehead atoms. The lowest BCUT2D eigenvalue weighted by atomic mass is 10.1. The molecule has 0 spiro atoms. The largest absolute Gasteiger partial charge is 0.355 e. The Bertz CT molecular complexity index is 1150. The van der Waals surface area contributed by atoms with Gasteiger partial charge < -0.3 is 9.88 Å². The molecule has 1 saturated heterocycles. The number of aromatic amines is 1. The molecular formula is C19H20N6O2S. The van der Waals surface area contributed by atoms with Crippen LogP contribution in [0.3, 0.4) is 0 Å². The minimum absolute atomic E-state index is 0.00401. The highest BCUT2D eigenvalue weighted by atomic mass is 32.2. The second kappa shape index (κ2) is 7.22. The van der Waals surface area contributed by atoms with Gasteiger partial charge in [0.15, 0.2) is 0 Å². The van der Waals surface area contributed by atoms with Crippen LogP contribution in [-0.2, 0) is 10.0 Å². The van der Waals surface area contributed by atoms with E-state index in [1.807, 2.05) is 30.3 Å². The van der Waals surface area contributed by atoms with Gasteiger partial charge in [-0.2, -0.15) is 9.57 Å². The van der Waals surface area contributed by atoms with Crippen LogP contribution in [0.5, 0.6) is 0 Å². The van der Waals surface area contributed by atoms with Crippen molar-refractivity contribution in [3.63, 3.8) is 0 Å². The van der Waals surface area contributed by atoms with Gasteiger partial charge in [0.2, 0.25) is 10.0 Å². The summed E-state index contributed by atoms with van der Waals surface area (Å²) in [4.78, 5) is 13.9. The molecule has 28 heavy (non-hydrogen) atoms. The van der Waals surface area contributed by atoms with Gasteiger partial charge in [-0.25, -0.2) is 18.4 Å². The Labute approximate surface area is 163 Å². The number of rotatable bonds is 4. The van der Waals surface area contributed by atoms with Gasteiger partial charge in [-0.15, -0.1) is 0 Å². The van der Waals surface area contributed by atoms with E-state index in [2.05, 4.69) is 15.0 Å². The first-order valence-corrected chi connectivity index (χ1v) is 10.5. The third-order valence-electron chi connectivity index (χ3n) is 5.17. The number of benzene rings is 1. The summed E-state index contributed by atoms with van der Waals surface area (Å²) < 4.78 is 27.7. The molecule has 3 aromatic rings. The molecule has 8 nitrogen and oxygen atoms in total. The number of sulfonamides is 1. The Hall–Kier alpha value is -2.96. The fraction of sp³-hybridized carbons (Fsp3) is 0.316. The molecule has 0 radical (unpaired) electrons. The van der Waals surface area contributed by atoms with E-state index in [4.69, 9.17) is 5.26 Å². The first-order valence-electron chi connectivity index (χ1n) is 9.02. The highest BCUT2D eigenvalue weighted by Crippen LogP contribution is 2.28. The second-order valence-corrected chi connectivity index (χ2v) is 8.78. The summed E-state index contributed by atoms with van der Waals surface area (Å²) in [5, 5.41) is 9.98. The number of nitrogens with zero attached hydrogens (tertiary/aromatic N) is 5. The zero-order valence-electron chi connectivity index (χ0n) is 15.4. The number of nitriles is 1. The molecule has 1 atom stereocenters. The first kappa shape index (κ1) is 18.4. The maximum absolute atomic E-state index is 13.1. The van der Waals surface area contributed by atoms with Crippen molar-refractivity contribution in [2.24, 2.45) is 0 Å². The van der Waals surface area contributed by atoms with Crippen LogP contribution in [0.2, 0.25) is 0 Å². The van der Waals surface area contributed by atoms with Crippen LogP contribution in [-0.4, -0.2) is 53.9 Å². The van der Waals surface area contributed by atoms with Crippen molar-refractivity contribution in [2.45, 2.75) is 23.8 Å². The molecule has 0 saturated carbocycles. The van der Waals surface area contributed by atoms with Gasteiger partial charge in [0.05, 0.1) is 21.9 Å². The molecule has 0 unspecified atom stereocenters. The van der Waals surface area contributed by atoms with Gasteiger partial charge in [0.25, 0.3) is 0 Å². The number of hydrogen-bond donors (Lipinski definition) is 1. The lowest BCUT2D eigenvalue weighted by Gasteiger charge is -2.37. The first-order chi connectivity index (χ1) is 13.5. The number of anilines is 1. The molecule has 2 aromatic heterocycles. The third-order valence-corrected chi connectivity index (χ3v) is 7.04. The molecule has 144 valence electrons. The Balaban J connectivity index is 1.60. The van der Waals surface area contributed by atoms with E-state index in [1.165, 1.54) is 22.8 Å². The lowest BCUT2D eigenvalue weighted by Crippen LogP contribution is -2.48. The van der Waals surface area contributed by atoms with Gasteiger partial charge in [0.1, 0.15) is 17.8 Å². The van der Waals surface area contributed by atoms with Crippen molar-refractivity contribution >= 4 is 26.9 Å². The fourth-order valence-electron chi connectivity index (χ4n) is 3.64. The van der Waals surface area contributed by atoms with Crippen molar-refractivity contribution in [1.82, 2.24) is 19.3 Å². The SMILES string of the molecule is CN(c1ncnc2[nH]ccc12)[C@@H]1CCCN(S(=O)(=O)c2cccc(C#N)c2)C1. The number of nitrogens with one attached hydrogen (secondary N) is 1. The molecule has 1 fully saturated rings. The minimum Gasteiger partial charge on any atom is -0.355 e. The molecule has 1 N–H and O–H groups in total. The molecule has 1 aromatic carbocycles. The summed E-state index contributed by atoms with van der Waals surface area (Å²) in [6.45, 7) is 0.832. The lowest BCUT2D eigenvalue weighted by molar-refractivity contribution is 0.310. The molecule has 3 heterocycles. The molecule has 1 aliphatic rings. The number of hydrogen-bond acceptors (Lipinski definition) is 6. The zero-order chi connectivity index (χ0) is 19.7. The summed E-state index contributed by atoms with van der Waals surface area (Å²) >= 11 is 0. The number of aromatic nitrogens is 3. The Kier molecular flexibility index (Phi) is 4.75. The number of fused-ring (bicyclic) bond motifs is 1. The van der Waals surface area contributed by atoms with Gasteiger partial charge in [-0.1, -0.05) is 6.07 Å². The van der Waals surface area contributed by atoms with Crippen molar-refractivity contribution in [3.05, 3.63) is 48.4 Å². The van der Waals surface area contributed by atoms with Gasteiger partial charge in [-0.05, 0) is 37.1 Å². The molecule has 0 amide bonds. The highest BCUT2D eigenvalue weighted by Gasteiger charge is 2.32. The standard InChI is InChI=1S/C19H20N6O2S/c1-24(19-17-7-8-21-18(17)22-13-23-19)15-5-3-9-25(12-15)28(26,27)16-6-2-4-14(10-16)11-20/h2,4,6-8,10,13,15H,3,5,9,12H2,1H3,(H,21,22,23)/t15-/m1/s1. The van der Waals surface area contributed by atoms with Gasteiger partial charge in [-0.3, -0.25) is 0 Å². The number of piperidine rings is 1. The van der Waals surface area contributed by atoms with Crippen molar-refractivity contribution in [2.75, 3.05) is 25.0 Å². The maximum atomic E-state index is 13.1. The molecule has 0 aliphatic carbocycles. The summed E-state index contributed by atoms with van der Waals surface area (Å²) in [6.07, 6.45) is 4.95. The van der Waals surface area contributed by atoms with E-state index >= 15 is 0 Å². The van der Waals surface area contributed by atoms with Crippen LogP contribution < -0.4 is 4.90 Å². The molecular weight excluding hydrogens is 376 g/mol.